The van der Waals surface area contributed by atoms with Gasteiger partial charge < -0.3 is 14.5 Å². The van der Waals surface area contributed by atoms with Crippen LogP contribution >= 0.6 is 0 Å². The highest BCUT2D eigenvalue weighted by molar-refractivity contribution is 6.17. The molecule has 10 aromatic carbocycles. The summed E-state index contributed by atoms with van der Waals surface area (Å²) >= 11 is 0. The first-order chi connectivity index (χ1) is 36.7. The van der Waals surface area contributed by atoms with Crippen LogP contribution < -0.4 is 14.5 Å². The molecule has 360 valence electrons. The van der Waals surface area contributed by atoms with Crippen molar-refractivity contribution in [2.24, 2.45) is 0 Å². The zero-order chi connectivity index (χ0) is 50.4. The van der Waals surface area contributed by atoms with E-state index in [1.807, 2.05) is 0 Å². The molecule has 0 N–H and O–H groups in total. The average molecular weight is 967 g/mol. The minimum absolute atomic E-state index is 0.143. The fourth-order valence-electron chi connectivity index (χ4n) is 12.1. The minimum atomic E-state index is -0.166. The highest BCUT2D eigenvalue weighted by Crippen LogP contribution is 2.55. The van der Waals surface area contributed by atoms with Crippen molar-refractivity contribution in [1.29, 1.82) is 0 Å². The summed E-state index contributed by atoms with van der Waals surface area (Å²) in [6.45, 7) is 10.1. The van der Waals surface area contributed by atoms with Crippen LogP contribution in [0.15, 0.2) is 243 Å². The predicted octanol–water partition coefficient (Wildman–Crippen LogP) is 18.6. The average Bonchev–Trinajstić information content (AvgIpc) is 4.26. The zero-order valence-corrected chi connectivity index (χ0v) is 42.5. The number of ether oxygens (including phenoxy) is 1. The Balaban J connectivity index is 0.865. The highest BCUT2D eigenvalue weighted by atomic mass is 16.5. The number of anilines is 4. The summed E-state index contributed by atoms with van der Waals surface area (Å²) in [5.74, 6) is 1.51. The molecule has 1 aliphatic heterocycles. The van der Waals surface area contributed by atoms with Crippen molar-refractivity contribution in [3.05, 3.63) is 254 Å². The van der Waals surface area contributed by atoms with Gasteiger partial charge in [-0.05, 0) is 122 Å². The standard InChI is InChI=1S/C70H54N4O/c1-69(2)61-41-53(48-24-12-7-13-25-48)40-60-59-37-36-56(43-65(59)74-68(66(60)61)62(44-71-74)70(69,3)4)75-55-31-18-30-54(42-55)72-45-73(64-35-15-14-34-63(64)72)67-57(51-28-16-26-49(38-51)46-20-8-5-9-21-46)32-19-33-58(67)52-29-17-27-50(39-52)47-22-10-6-11-23-47/h5-44H,45H2,1-4H3. The fraction of sp³-hybridized carbons (Fsp3) is 0.100. The number of nitrogens with zero attached hydrogens (tertiary/aromatic N) is 4. The summed E-state index contributed by atoms with van der Waals surface area (Å²) in [6.07, 6.45) is 2.10. The van der Waals surface area contributed by atoms with Crippen LogP contribution in [-0.2, 0) is 10.8 Å². The number of hydrogen-bond acceptors (Lipinski definition) is 4. The molecule has 0 unspecified atom stereocenters. The van der Waals surface area contributed by atoms with Crippen molar-refractivity contribution in [2.45, 2.75) is 38.5 Å². The lowest BCUT2D eigenvalue weighted by Gasteiger charge is -2.45. The second kappa shape index (κ2) is 17.2. The lowest BCUT2D eigenvalue weighted by Crippen LogP contribution is -2.42. The molecule has 0 fully saturated rings. The van der Waals surface area contributed by atoms with Gasteiger partial charge in [0.2, 0.25) is 0 Å². The van der Waals surface area contributed by atoms with Crippen LogP contribution in [-0.4, -0.2) is 16.3 Å². The Bertz CT molecular complexity index is 4090. The van der Waals surface area contributed by atoms with Gasteiger partial charge in [0.25, 0.3) is 0 Å². The van der Waals surface area contributed by atoms with Crippen molar-refractivity contribution in [1.82, 2.24) is 9.61 Å². The SMILES string of the molecule is CC1(C)c2cc(-c3ccccc3)cc3c4ccc(Oc5cccc(N6CN(c7c(-c8cccc(-c9ccccc9)c8)cccc7-c7cccc(-c8ccccc8)c7)c7ccccc76)c5)cc4n4ncc(c4c23)C1(C)C. The summed E-state index contributed by atoms with van der Waals surface area (Å²) in [7, 11) is 0. The summed E-state index contributed by atoms with van der Waals surface area (Å²) in [6, 6.07) is 85.4. The molecule has 5 nitrogen and oxygen atoms in total. The molecule has 0 saturated carbocycles. The Labute approximate surface area is 438 Å². The number of hydrogen-bond donors (Lipinski definition) is 0. The van der Waals surface area contributed by atoms with E-state index in [-0.39, 0.29) is 10.8 Å². The van der Waals surface area contributed by atoms with Gasteiger partial charge in [0.1, 0.15) is 18.2 Å². The van der Waals surface area contributed by atoms with Gasteiger partial charge >= 0.3 is 0 Å². The normalized spacial score (nSPS) is 14.2. The third-order valence-electron chi connectivity index (χ3n) is 16.6. The molecule has 1 aliphatic carbocycles. The van der Waals surface area contributed by atoms with Gasteiger partial charge in [0, 0.05) is 50.7 Å². The maximum Gasteiger partial charge on any atom is 0.129 e. The van der Waals surface area contributed by atoms with Gasteiger partial charge in [0.05, 0.1) is 34.3 Å². The summed E-state index contributed by atoms with van der Waals surface area (Å²) in [5, 5.41) is 8.82. The number of para-hydroxylation sites is 3. The molecular weight excluding hydrogens is 913 g/mol. The Kier molecular flexibility index (Phi) is 10.2. The van der Waals surface area contributed by atoms with Gasteiger partial charge in [-0.25, -0.2) is 4.52 Å². The number of fused-ring (bicyclic) bond motifs is 4. The first-order valence-electron chi connectivity index (χ1n) is 26.0. The van der Waals surface area contributed by atoms with Crippen molar-refractivity contribution >= 4 is 49.9 Å². The molecule has 12 aromatic rings. The van der Waals surface area contributed by atoms with E-state index >= 15 is 0 Å². The molecule has 14 rings (SSSR count). The molecule has 0 amide bonds. The number of rotatable bonds is 9. The van der Waals surface area contributed by atoms with Gasteiger partial charge in [-0.2, -0.15) is 5.10 Å². The maximum atomic E-state index is 6.93. The van der Waals surface area contributed by atoms with Crippen LogP contribution in [0.5, 0.6) is 11.5 Å². The van der Waals surface area contributed by atoms with Crippen LogP contribution in [0.4, 0.5) is 22.7 Å². The van der Waals surface area contributed by atoms with Gasteiger partial charge in [-0.15, -0.1) is 0 Å². The quantitative estimate of drug-likeness (QED) is 0.135. The van der Waals surface area contributed by atoms with E-state index in [1.165, 1.54) is 60.8 Å². The van der Waals surface area contributed by atoms with E-state index in [9.17, 15) is 0 Å². The molecule has 2 aliphatic rings. The molecule has 0 spiro atoms. The van der Waals surface area contributed by atoms with E-state index in [1.54, 1.807) is 0 Å². The van der Waals surface area contributed by atoms with Crippen LogP contribution in [0.25, 0.3) is 82.8 Å². The first-order valence-corrected chi connectivity index (χ1v) is 26.0. The number of benzene rings is 10. The van der Waals surface area contributed by atoms with E-state index in [0.29, 0.717) is 6.67 Å². The second-order valence-corrected chi connectivity index (χ2v) is 21.2. The van der Waals surface area contributed by atoms with Crippen LogP contribution in [0.3, 0.4) is 0 Å². The first kappa shape index (κ1) is 44.5. The second-order valence-electron chi connectivity index (χ2n) is 21.2. The Morgan fingerprint density at radius 2 is 0.920 bits per heavy atom. The number of pyridine rings is 1. The molecule has 0 atom stereocenters. The predicted molar refractivity (Wildman–Crippen MR) is 312 cm³/mol. The van der Waals surface area contributed by atoms with E-state index < -0.39 is 0 Å². The fourth-order valence-corrected chi connectivity index (χ4v) is 12.1. The molecule has 75 heavy (non-hydrogen) atoms. The largest absolute Gasteiger partial charge is 0.457 e. The maximum absolute atomic E-state index is 6.93. The molecule has 5 heteroatoms. The molecule has 0 radical (unpaired) electrons. The molecule has 2 aromatic heterocycles. The molecule has 0 saturated heterocycles. The van der Waals surface area contributed by atoms with Crippen LogP contribution in [0.1, 0.15) is 38.8 Å². The van der Waals surface area contributed by atoms with Crippen molar-refractivity contribution in [2.75, 3.05) is 16.5 Å². The van der Waals surface area contributed by atoms with E-state index in [0.717, 1.165) is 67.4 Å². The monoisotopic (exact) mass is 966 g/mol. The zero-order valence-electron chi connectivity index (χ0n) is 42.5. The van der Waals surface area contributed by atoms with Gasteiger partial charge in [0.15, 0.2) is 0 Å². The molecular formula is C70H54N4O. The van der Waals surface area contributed by atoms with Gasteiger partial charge in [-0.1, -0.05) is 191 Å². The lowest BCUT2D eigenvalue weighted by molar-refractivity contribution is 0.304. The summed E-state index contributed by atoms with van der Waals surface area (Å²) in [5.41, 5.74) is 20.8. The third-order valence-corrected chi connectivity index (χ3v) is 16.6. The van der Waals surface area contributed by atoms with Crippen molar-refractivity contribution in [3.8, 4) is 67.1 Å². The third kappa shape index (κ3) is 7.17. The highest BCUT2D eigenvalue weighted by Gasteiger charge is 2.46. The smallest absolute Gasteiger partial charge is 0.129 e. The lowest BCUT2D eigenvalue weighted by atomic mass is 9.57. The van der Waals surface area contributed by atoms with Gasteiger partial charge in [-0.3, -0.25) is 0 Å². The van der Waals surface area contributed by atoms with Crippen LogP contribution in [0.2, 0.25) is 0 Å². The summed E-state index contributed by atoms with van der Waals surface area (Å²) < 4.78 is 9.09. The topological polar surface area (TPSA) is 33.0 Å². The van der Waals surface area contributed by atoms with Crippen LogP contribution in [0, 0.1) is 0 Å². The minimum Gasteiger partial charge on any atom is -0.457 e. The van der Waals surface area contributed by atoms with Crippen molar-refractivity contribution in [3.63, 3.8) is 0 Å². The van der Waals surface area contributed by atoms with Crippen molar-refractivity contribution < 1.29 is 4.74 Å². The Hall–Kier alpha value is -9.19. The summed E-state index contributed by atoms with van der Waals surface area (Å²) in [4.78, 5) is 4.91. The molecule has 0 bridgehead atoms. The Morgan fingerprint density at radius 1 is 0.400 bits per heavy atom. The van der Waals surface area contributed by atoms with E-state index in [4.69, 9.17) is 9.84 Å². The van der Waals surface area contributed by atoms with E-state index in [2.05, 4.69) is 285 Å². The molecule has 3 heterocycles. The number of aromatic nitrogens is 2. The Morgan fingerprint density at radius 3 is 1.56 bits per heavy atom.